The maximum atomic E-state index is 2.50. The predicted octanol–water partition coefficient (Wildman–Crippen LogP) is 7.20. The van der Waals surface area contributed by atoms with Crippen LogP contribution < -0.4 is 4.90 Å². The van der Waals surface area contributed by atoms with Crippen molar-refractivity contribution in [2.24, 2.45) is 0 Å². The molecule has 1 heterocycles. The lowest BCUT2D eigenvalue weighted by Gasteiger charge is -2.35. The number of benzene rings is 4. The SMILES string of the molecule is Cc1ccc(N2Cc3c4ccc(c3-c3ccccc32)CCc2ccc(cc2)CC4)cc1. The van der Waals surface area contributed by atoms with Crippen LogP contribution in [0.15, 0.2) is 84.9 Å². The van der Waals surface area contributed by atoms with Crippen molar-refractivity contribution >= 4 is 11.4 Å². The molecule has 0 fully saturated rings. The topological polar surface area (TPSA) is 3.24 Å². The molecule has 0 amide bonds. The molecule has 0 spiro atoms. The highest BCUT2D eigenvalue weighted by Gasteiger charge is 2.27. The first-order valence-corrected chi connectivity index (χ1v) is 11.4. The Labute approximate surface area is 185 Å². The first-order chi connectivity index (χ1) is 15.3. The third kappa shape index (κ3) is 3.25. The molecular formula is C30H27N. The molecular weight excluding hydrogens is 374 g/mol. The minimum absolute atomic E-state index is 0.941. The zero-order chi connectivity index (χ0) is 20.8. The van der Waals surface area contributed by atoms with Crippen LogP contribution in [0.3, 0.4) is 0 Å². The van der Waals surface area contributed by atoms with Gasteiger partial charge in [0.25, 0.3) is 0 Å². The lowest BCUT2D eigenvalue weighted by Crippen LogP contribution is -2.23. The van der Waals surface area contributed by atoms with E-state index >= 15 is 0 Å². The molecule has 1 aliphatic heterocycles. The van der Waals surface area contributed by atoms with E-state index in [4.69, 9.17) is 0 Å². The quantitative estimate of drug-likeness (QED) is 0.326. The third-order valence-electron chi connectivity index (χ3n) is 7.01. The molecule has 4 aliphatic carbocycles. The number of para-hydroxylation sites is 1. The van der Waals surface area contributed by atoms with Crippen molar-refractivity contribution in [2.75, 3.05) is 4.90 Å². The second-order valence-corrected chi connectivity index (χ2v) is 8.99. The zero-order valence-electron chi connectivity index (χ0n) is 18.1. The summed E-state index contributed by atoms with van der Waals surface area (Å²) in [5.74, 6) is 0. The van der Waals surface area contributed by atoms with Crippen molar-refractivity contribution in [3.63, 3.8) is 0 Å². The highest BCUT2D eigenvalue weighted by atomic mass is 15.1. The average molecular weight is 402 g/mol. The Kier molecular flexibility index (Phi) is 4.42. The van der Waals surface area contributed by atoms with Gasteiger partial charge in [-0.2, -0.15) is 0 Å². The second kappa shape index (κ2) is 7.42. The highest BCUT2D eigenvalue weighted by Crippen LogP contribution is 2.45. The van der Waals surface area contributed by atoms with Gasteiger partial charge in [-0.3, -0.25) is 0 Å². The van der Waals surface area contributed by atoms with E-state index in [9.17, 15) is 0 Å². The summed E-state index contributed by atoms with van der Waals surface area (Å²) in [6.07, 6.45) is 4.36. The summed E-state index contributed by atoms with van der Waals surface area (Å²) in [6.45, 7) is 3.10. The van der Waals surface area contributed by atoms with E-state index in [-0.39, 0.29) is 0 Å². The van der Waals surface area contributed by atoms with Gasteiger partial charge < -0.3 is 4.90 Å². The van der Waals surface area contributed by atoms with E-state index in [2.05, 4.69) is 96.8 Å². The Hall–Kier alpha value is -3.32. The van der Waals surface area contributed by atoms with Crippen LogP contribution in [0.4, 0.5) is 11.4 Å². The van der Waals surface area contributed by atoms with Gasteiger partial charge >= 0.3 is 0 Å². The highest BCUT2D eigenvalue weighted by molar-refractivity contribution is 5.89. The first-order valence-electron chi connectivity index (χ1n) is 11.4. The fourth-order valence-corrected chi connectivity index (χ4v) is 5.25. The van der Waals surface area contributed by atoms with Gasteiger partial charge in [0.2, 0.25) is 0 Å². The normalized spacial score (nSPS) is 14.5. The van der Waals surface area contributed by atoms with Crippen LogP contribution in [0, 0.1) is 6.92 Å². The van der Waals surface area contributed by atoms with Crippen molar-refractivity contribution < 1.29 is 0 Å². The number of hydrogen-bond acceptors (Lipinski definition) is 1. The summed E-state index contributed by atoms with van der Waals surface area (Å²) in [5.41, 5.74) is 14.2. The Morgan fingerprint density at radius 2 is 1.26 bits per heavy atom. The van der Waals surface area contributed by atoms with Crippen LogP contribution in [0.25, 0.3) is 11.1 Å². The lowest BCUT2D eigenvalue weighted by atomic mass is 9.82. The van der Waals surface area contributed by atoms with Crippen molar-refractivity contribution in [3.8, 4) is 11.1 Å². The molecule has 1 heteroatoms. The molecule has 9 rings (SSSR count). The molecule has 0 N–H and O–H groups in total. The summed E-state index contributed by atoms with van der Waals surface area (Å²) in [4.78, 5) is 2.50. The van der Waals surface area contributed by atoms with Gasteiger partial charge in [-0.15, -0.1) is 0 Å². The van der Waals surface area contributed by atoms with Gasteiger partial charge in [0, 0.05) is 23.5 Å². The molecule has 0 atom stereocenters. The summed E-state index contributed by atoms with van der Waals surface area (Å²) in [5, 5.41) is 0. The molecule has 4 aromatic carbocycles. The Bertz CT molecular complexity index is 1250. The Morgan fingerprint density at radius 3 is 2.00 bits per heavy atom. The van der Waals surface area contributed by atoms with Crippen LogP contribution in [-0.2, 0) is 32.2 Å². The number of hydrogen-bond donors (Lipinski definition) is 0. The van der Waals surface area contributed by atoms with E-state index in [1.54, 1.807) is 0 Å². The molecule has 1 nitrogen and oxygen atoms in total. The summed E-state index contributed by atoms with van der Waals surface area (Å²) in [6, 6.07) is 32.0. The third-order valence-corrected chi connectivity index (χ3v) is 7.01. The summed E-state index contributed by atoms with van der Waals surface area (Å²) in [7, 11) is 0. The number of nitrogens with zero attached hydrogens (tertiary/aromatic N) is 1. The molecule has 0 aromatic heterocycles. The number of anilines is 2. The summed E-state index contributed by atoms with van der Waals surface area (Å²) >= 11 is 0. The van der Waals surface area contributed by atoms with E-state index in [1.807, 2.05) is 0 Å². The van der Waals surface area contributed by atoms with E-state index in [0.29, 0.717) is 0 Å². The molecule has 4 aromatic rings. The van der Waals surface area contributed by atoms with E-state index in [1.165, 1.54) is 55.9 Å². The van der Waals surface area contributed by atoms with Crippen molar-refractivity contribution in [3.05, 3.63) is 118 Å². The number of fused-ring (bicyclic) bond motifs is 1. The standard InChI is InChI=1S/C30H27N/c1-21-6-18-26(19-7-21)31-20-28-24-14-12-22-8-10-23(11-9-22)13-15-25(17-16-24)30(28)27-4-2-3-5-29(27)31/h2-11,16-19H,12-15,20H2,1H3. The second-order valence-electron chi connectivity index (χ2n) is 8.99. The summed E-state index contributed by atoms with van der Waals surface area (Å²) < 4.78 is 0. The molecule has 5 aliphatic rings. The molecule has 0 saturated carbocycles. The van der Waals surface area contributed by atoms with Crippen LogP contribution in [0.2, 0.25) is 0 Å². The van der Waals surface area contributed by atoms with E-state index < -0.39 is 0 Å². The van der Waals surface area contributed by atoms with Gasteiger partial charge in [0.15, 0.2) is 0 Å². The average Bonchev–Trinajstić information content (AvgIpc) is 2.81. The zero-order valence-corrected chi connectivity index (χ0v) is 18.1. The monoisotopic (exact) mass is 401 g/mol. The van der Waals surface area contributed by atoms with Gasteiger partial charge in [0.1, 0.15) is 0 Å². The Balaban J connectivity index is 1.53. The minimum Gasteiger partial charge on any atom is -0.336 e. The van der Waals surface area contributed by atoms with Crippen LogP contribution >= 0.6 is 0 Å². The number of aryl methyl sites for hydroxylation is 5. The molecule has 152 valence electrons. The molecule has 31 heavy (non-hydrogen) atoms. The molecule has 0 radical (unpaired) electrons. The van der Waals surface area contributed by atoms with Crippen LogP contribution in [0.5, 0.6) is 0 Å². The predicted molar refractivity (Wildman–Crippen MR) is 130 cm³/mol. The van der Waals surface area contributed by atoms with E-state index in [0.717, 1.165) is 32.2 Å². The Morgan fingerprint density at radius 1 is 0.613 bits per heavy atom. The van der Waals surface area contributed by atoms with Gasteiger partial charge in [-0.25, -0.2) is 0 Å². The van der Waals surface area contributed by atoms with Crippen molar-refractivity contribution in [1.82, 2.24) is 0 Å². The maximum absolute atomic E-state index is 2.50. The molecule has 4 bridgehead atoms. The smallest absolute Gasteiger partial charge is 0.0493 e. The lowest BCUT2D eigenvalue weighted by molar-refractivity contribution is 0.872. The largest absolute Gasteiger partial charge is 0.336 e. The van der Waals surface area contributed by atoms with Gasteiger partial charge in [-0.1, -0.05) is 72.3 Å². The van der Waals surface area contributed by atoms with Gasteiger partial charge in [-0.05, 0) is 84.2 Å². The maximum Gasteiger partial charge on any atom is 0.0493 e. The van der Waals surface area contributed by atoms with Crippen LogP contribution in [-0.4, -0.2) is 0 Å². The minimum atomic E-state index is 0.941. The molecule has 0 saturated heterocycles. The van der Waals surface area contributed by atoms with Crippen LogP contribution in [0.1, 0.15) is 33.4 Å². The van der Waals surface area contributed by atoms with Gasteiger partial charge in [0.05, 0.1) is 0 Å². The van der Waals surface area contributed by atoms with Crippen molar-refractivity contribution in [2.45, 2.75) is 39.2 Å². The first kappa shape index (κ1) is 18.4. The number of rotatable bonds is 1. The fraction of sp³-hybridized carbons (Fsp3) is 0.200. The van der Waals surface area contributed by atoms with Crippen molar-refractivity contribution in [1.29, 1.82) is 0 Å². The molecule has 0 unspecified atom stereocenters. The fourth-order valence-electron chi connectivity index (χ4n) is 5.25.